The molecule has 0 N–H and O–H groups in total. The number of carbonyl (C=O) groups is 1. The minimum atomic E-state index is -0.890. The van der Waals surface area contributed by atoms with Gasteiger partial charge in [0, 0.05) is 12.0 Å². The van der Waals surface area contributed by atoms with Gasteiger partial charge in [0.25, 0.3) is 5.91 Å². The largest absolute Gasteiger partial charge is 0.278 e. The number of hydrogen-bond acceptors (Lipinski definition) is 2. The van der Waals surface area contributed by atoms with Gasteiger partial charge in [0.15, 0.2) is 0 Å². The number of nitrogens with zero attached hydrogens (tertiary/aromatic N) is 1. The highest BCUT2D eigenvalue weighted by molar-refractivity contribution is 5.99. The quantitative estimate of drug-likeness (QED) is 0.610. The van der Waals surface area contributed by atoms with Crippen LogP contribution in [0.4, 0.5) is 4.39 Å². The second-order valence-electron chi connectivity index (χ2n) is 6.93. The fourth-order valence-electron chi connectivity index (χ4n) is 3.82. The highest BCUT2D eigenvalue weighted by atomic mass is 19.1. The van der Waals surface area contributed by atoms with E-state index in [-0.39, 0.29) is 11.7 Å². The number of rotatable bonds is 8. The summed E-state index contributed by atoms with van der Waals surface area (Å²) < 4.78 is 15.0. The average molecular weight is 367 g/mol. The number of aryl methyl sites for hydroxylation is 1. The Kier molecular flexibility index (Phi) is 6.07. The van der Waals surface area contributed by atoms with Crippen molar-refractivity contribution in [3.8, 4) is 0 Å². The number of hydrogen-bond donors (Lipinski definition) is 0. The van der Waals surface area contributed by atoms with Crippen LogP contribution in [0.5, 0.6) is 0 Å². The Hall–Kier alpha value is -2.46. The minimum absolute atomic E-state index is 0.212. The first kappa shape index (κ1) is 19.3. The van der Waals surface area contributed by atoms with Crippen molar-refractivity contribution in [1.82, 2.24) is 5.06 Å². The van der Waals surface area contributed by atoms with Gasteiger partial charge in [-0.2, -0.15) is 0 Å². The van der Waals surface area contributed by atoms with Gasteiger partial charge in [0.05, 0.1) is 12.9 Å². The van der Waals surface area contributed by atoms with Crippen molar-refractivity contribution >= 4 is 5.91 Å². The molecule has 2 aromatic carbocycles. The molecule has 0 fully saturated rings. The van der Waals surface area contributed by atoms with Crippen molar-refractivity contribution in [2.24, 2.45) is 0 Å². The predicted octanol–water partition coefficient (Wildman–Crippen LogP) is 5.58. The number of benzene rings is 2. The molecule has 3 rings (SSSR count). The Morgan fingerprint density at radius 1 is 1.15 bits per heavy atom. The van der Waals surface area contributed by atoms with Gasteiger partial charge < -0.3 is 0 Å². The lowest BCUT2D eigenvalue weighted by Gasteiger charge is -2.35. The molecule has 0 bridgehead atoms. The summed E-state index contributed by atoms with van der Waals surface area (Å²) in [4.78, 5) is 18.3. The second kappa shape index (κ2) is 8.49. The molecule has 0 aliphatic carbocycles. The number of allylic oxidation sites excluding steroid dienone is 1. The van der Waals surface area contributed by atoms with Crippen LogP contribution in [0.1, 0.15) is 54.1 Å². The maximum absolute atomic E-state index is 15.0. The average Bonchev–Trinajstić information content (AvgIpc) is 2.94. The lowest BCUT2D eigenvalue weighted by molar-refractivity contribution is -0.147. The molecule has 0 spiro atoms. The summed E-state index contributed by atoms with van der Waals surface area (Å²) in [6, 6.07) is 17.3. The van der Waals surface area contributed by atoms with Crippen LogP contribution in [0, 0.1) is 0 Å². The molecule has 1 unspecified atom stereocenters. The number of fused-ring (bicyclic) bond motifs is 1. The SMILES string of the molecule is CCCCC1(/C=C(\F)CCc2ccccc2)c2ccccc2C(=O)N1OC. The predicted molar refractivity (Wildman–Crippen MR) is 105 cm³/mol. The molecule has 142 valence electrons. The standard InChI is InChI=1S/C23H26FNO2/c1-3-4-16-23(17-19(24)15-14-18-10-6-5-7-11-18)21-13-9-8-12-20(21)22(26)25(23)27-2/h5-13,17H,3-4,14-16H2,1-2H3/b19-17-. The first-order valence-corrected chi connectivity index (χ1v) is 9.51. The van der Waals surface area contributed by atoms with Crippen LogP contribution in [0.3, 0.4) is 0 Å². The molecule has 1 aliphatic rings. The molecule has 27 heavy (non-hydrogen) atoms. The van der Waals surface area contributed by atoms with Crippen LogP contribution < -0.4 is 0 Å². The van der Waals surface area contributed by atoms with Gasteiger partial charge in [-0.15, -0.1) is 0 Å². The van der Waals surface area contributed by atoms with Gasteiger partial charge >= 0.3 is 0 Å². The van der Waals surface area contributed by atoms with Crippen LogP contribution in [0.15, 0.2) is 66.5 Å². The molecule has 0 saturated carbocycles. The van der Waals surface area contributed by atoms with E-state index in [9.17, 15) is 4.79 Å². The first-order chi connectivity index (χ1) is 13.1. The molecular weight excluding hydrogens is 341 g/mol. The molecular formula is C23H26FNO2. The van der Waals surface area contributed by atoms with E-state index in [0.717, 1.165) is 24.0 Å². The number of carbonyl (C=O) groups excluding carboxylic acids is 1. The zero-order valence-corrected chi connectivity index (χ0v) is 16.0. The van der Waals surface area contributed by atoms with Gasteiger partial charge in [-0.25, -0.2) is 9.45 Å². The third-order valence-corrected chi connectivity index (χ3v) is 5.16. The first-order valence-electron chi connectivity index (χ1n) is 9.51. The van der Waals surface area contributed by atoms with Crippen LogP contribution in [-0.4, -0.2) is 18.1 Å². The molecule has 0 aromatic heterocycles. The van der Waals surface area contributed by atoms with Crippen molar-refractivity contribution in [3.05, 3.63) is 83.2 Å². The van der Waals surface area contributed by atoms with Crippen LogP contribution in [0.2, 0.25) is 0 Å². The van der Waals surface area contributed by atoms with Gasteiger partial charge in [-0.1, -0.05) is 68.3 Å². The smallest absolute Gasteiger partial charge is 0.273 e. The summed E-state index contributed by atoms with van der Waals surface area (Å²) in [7, 11) is 1.47. The van der Waals surface area contributed by atoms with E-state index < -0.39 is 5.54 Å². The van der Waals surface area contributed by atoms with Gasteiger partial charge in [0.1, 0.15) is 5.54 Å². The topological polar surface area (TPSA) is 29.5 Å². The fourth-order valence-corrected chi connectivity index (χ4v) is 3.82. The Bertz CT molecular complexity index is 818. The molecule has 0 radical (unpaired) electrons. The molecule has 1 aliphatic heterocycles. The minimum Gasteiger partial charge on any atom is -0.273 e. The van der Waals surface area contributed by atoms with Crippen LogP contribution in [0.25, 0.3) is 0 Å². The molecule has 2 aromatic rings. The van der Waals surface area contributed by atoms with Crippen molar-refractivity contribution in [1.29, 1.82) is 0 Å². The monoisotopic (exact) mass is 367 g/mol. The Labute approximate surface area is 160 Å². The van der Waals surface area contributed by atoms with E-state index in [1.165, 1.54) is 12.2 Å². The van der Waals surface area contributed by atoms with Gasteiger partial charge in [-0.3, -0.25) is 9.63 Å². The Morgan fingerprint density at radius 2 is 1.85 bits per heavy atom. The summed E-state index contributed by atoms with van der Waals surface area (Å²) in [5.74, 6) is -0.433. The number of hydroxylamine groups is 2. The second-order valence-corrected chi connectivity index (χ2v) is 6.93. The van der Waals surface area contributed by atoms with E-state index in [1.807, 2.05) is 48.5 Å². The maximum Gasteiger partial charge on any atom is 0.278 e. The van der Waals surface area contributed by atoms with E-state index in [2.05, 4.69) is 6.92 Å². The molecule has 1 amide bonds. The maximum atomic E-state index is 15.0. The Morgan fingerprint density at radius 3 is 2.56 bits per heavy atom. The zero-order chi connectivity index (χ0) is 19.3. The van der Waals surface area contributed by atoms with Crippen molar-refractivity contribution in [3.63, 3.8) is 0 Å². The summed E-state index contributed by atoms with van der Waals surface area (Å²) in [6.07, 6.45) is 4.96. The van der Waals surface area contributed by atoms with Crippen molar-refractivity contribution in [2.75, 3.05) is 7.11 Å². The fraction of sp³-hybridized carbons (Fsp3) is 0.348. The Balaban J connectivity index is 1.95. The zero-order valence-electron chi connectivity index (χ0n) is 16.0. The third-order valence-electron chi connectivity index (χ3n) is 5.16. The summed E-state index contributed by atoms with van der Waals surface area (Å²) in [5.41, 5.74) is 1.61. The van der Waals surface area contributed by atoms with Crippen molar-refractivity contribution < 1.29 is 14.0 Å². The highest BCUT2D eigenvalue weighted by Gasteiger charge is 2.49. The molecule has 1 atom stereocenters. The third kappa shape index (κ3) is 3.81. The number of halogens is 1. The molecule has 1 heterocycles. The molecule has 4 heteroatoms. The lowest BCUT2D eigenvalue weighted by atomic mass is 9.84. The summed E-state index contributed by atoms with van der Waals surface area (Å²) in [5, 5.41) is 1.34. The lowest BCUT2D eigenvalue weighted by Crippen LogP contribution is -2.42. The number of unbranched alkanes of at least 4 members (excludes halogenated alkanes) is 1. The summed E-state index contributed by atoms with van der Waals surface area (Å²) in [6.45, 7) is 2.09. The van der Waals surface area contributed by atoms with E-state index in [0.29, 0.717) is 24.8 Å². The summed E-state index contributed by atoms with van der Waals surface area (Å²) >= 11 is 0. The highest BCUT2D eigenvalue weighted by Crippen LogP contribution is 2.45. The van der Waals surface area contributed by atoms with Gasteiger partial charge in [-0.05, 0) is 36.1 Å². The van der Waals surface area contributed by atoms with E-state index in [1.54, 1.807) is 12.1 Å². The number of amides is 1. The normalized spacial score (nSPS) is 19.4. The van der Waals surface area contributed by atoms with E-state index >= 15 is 4.39 Å². The molecule has 0 saturated heterocycles. The van der Waals surface area contributed by atoms with Crippen molar-refractivity contribution in [2.45, 2.75) is 44.6 Å². The molecule has 3 nitrogen and oxygen atoms in total. The van der Waals surface area contributed by atoms with Gasteiger partial charge in [0.2, 0.25) is 0 Å². The van der Waals surface area contributed by atoms with Crippen LogP contribution in [-0.2, 0) is 16.8 Å². The van der Waals surface area contributed by atoms with Crippen LogP contribution >= 0.6 is 0 Å². The van der Waals surface area contributed by atoms with E-state index in [4.69, 9.17) is 4.84 Å².